The van der Waals surface area contributed by atoms with Crippen molar-refractivity contribution in [1.82, 2.24) is 15.3 Å². The second-order valence-electron chi connectivity index (χ2n) is 8.11. The van der Waals surface area contributed by atoms with Crippen molar-refractivity contribution in [3.05, 3.63) is 59.7 Å². The van der Waals surface area contributed by atoms with Crippen LogP contribution < -0.4 is 15.5 Å². The molecule has 0 saturated heterocycles. The van der Waals surface area contributed by atoms with Gasteiger partial charge in [0, 0.05) is 31.6 Å². The van der Waals surface area contributed by atoms with E-state index in [1.165, 1.54) is 0 Å². The molecule has 2 N–H and O–H groups in total. The van der Waals surface area contributed by atoms with Crippen LogP contribution in [-0.4, -0.2) is 42.1 Å². The molecule has 0 atom stereocenters. The standard InChI is InChI=1S/C24H26N6O/c1-30(2)22-20-9-5-6-10-21(20)28-24(29-22)27-18-13-11-17(12-14-18)26-23(31)19-8-4-3-7-16(19)15-25/h3-10,17-18H,11-14H2,1-2H3,(H,26,31)(H,27,28,29)/t17-,18+. The van der Waals surface area contributed by atoms with Crippen LogP contribution in [-0.2, 0) is 0 Å². The van der Waals surface area contributed by atoms with Crippen molar-refractivity contribution in [3.63, 3.8) is 0 Å². The van der Waals surface area contributed by atoms with Gasteiger partial charge in [-0.15, -0.1) is 0 Å². The third-order valence-corrected chi connectivity index (χ3v) is 5.69. The van der Waals surface area contributed by atoms with Crippen molar-refractivity contribution in [3.8, 4) is 6.07 Å². The van der Waals surface area contributed by atoms with Crippen molar-refractivity contribution in [1.29, 1.82) is 5.26 Å². The van der Waals surface area contributed by atoms with Gasteiger partial charge in [0.05, 0.1) is 22.7 Å². The molecule has 1 aromatic heterocycles. The number of nitrogens with one attached hydrogen (secondary N) is 2. The fourth-order valence-electron chi connectivity index (χ4n) is 4.07. The fourth-order valence-corrected chi connectivity index (χ4v) is 4.07. The molecule has 4 rings (SSSR count). The smallest absolute Gasteiger partial charge is 0.252 e. The number of aromatic nitrogens is 2. The average molecular weight is 415 g/mol. The second kappa shape index (κ2) is 9.00. The van der Waals surface area contributed by atoms with Crippen molar-refractivity contribution in [2.75, 3.05) is 24.3 Å². The number of nitrogens with zero attached hydrogens (tertiary/aromatic N) is 4. The van der Waals surface area contributed by atoms with Crippen molar-refractivity contribution >= 4 is 28.6 Å². The van der Waals surface area contributed by atoms with Crippen LogP contribution in [0.3, 0.4) is 0 Å². The molecule has 1 aliphatic rings. The minimum atomic E-state index is -0.179. The topological polar surface area (TPSA) is 93.9 Å². The van der Waals surface area contributed by atoms with E-state index < -0.39 is 0 Å². The van der Waals surface area contributed by atoms with E-state index in [0.29, 0.717) is 17.1 Å². The number of amides is 1. The van der Waals surface area contributed by atoms with Gasteiger partial charge in [-0.25, -0.2) is 4.98 Å². The predicted molar refractivity (Wildman–Crippen MR) is 122 cm³/mol. The molecule has 3 aromatic rings. The Labute approximate surface area is 182 Å². The van der Waals surface area contributed by atoms with Crippen LogP contribution in [0, 0.1) is 11.3 Å². The highest BCUT2D eigenvalue weighted by atomic mass is 16.1. The number of nitriles is 1. The number of anilines is 2. The first kappa shape index (κ1) is 20.6. The van der Waals surface area contributed by atoms with Gasteiger partial charge in [0.2, 0.25) is 5.95 Å². The van der Waals surface area contributed by atoms with Crippen LogP contribution in [0.25, 0.3) is 10.9 Å². The Morgan fingerprint density at radius 2 is 1.68 bits per heavy atom. The first-order chi connectivity index (χ1) is 15.0. The molecule has 31 heavy (non-hydrogen) atoms. The Balaban J connectivity index is 1.39. The third-order valence-electron chi connectivity index (χ3n) is 5.69. The lowest BCUT2D eigenvalue weighted by atomic mass is 9.91. The average Bonchev–Trinajstić information content (AvgIpc) is 2.79. The number of hydrogen-bond acceptors (Lipinski definition) is 6. The summed E-state index contributed by atoms with van der Waals surface area (Å²) in [4.78, 5) is 24.0. The van der Waals surface area contributed by atoms with E-state index in [4.69, 9.17) is 4.98 Å². The summed E-state index contributed by atoms with van der Waals surface area (Å²) in [6, 6.07) is 17.4. The quantitative estimate of drug-likeness (QED) is 0.661. The zero-order valence-corrected chi connectivity index (χ0v) is 17.8. The van der Waals surface area contributed by atoms with Crippen LogP contribution in [0.4, 0.5) is 11.8 Å². The predicted octanol–water partition coefficient (Wildman–Crippen LogP) is 3.72. The molecule has 0 bridgehead atoms. The highest BCUT2D eigenvalue weighted by molar-refractivity contribution is 5.96. The van der Waals surface area contributed by atoms with E-state index in [1.54, 1.807) is 24.3 Å². The van der Waals surface area contributed by atoms with Crippen LogP contribution in [0.2, 0.25) is 0 Å². The van der Waals surface area contributed by atoms with Crippen LogP contribution in [0.15, 0.2) is 48.5 Å². The van der Waals surface area contributed by atoms with Crippen molar-refractivity contribution in [2.45, 2.75) is 37.8 Å². The monoisotopic (exact) mass is 414 g/mol. The maximum Gasteiger partial charge on any atom is 0.252 e. The molecule has 0 spiro atoms. The first-order valence-electron chi connectivity index (χ1n) is 10.6. The van der Waals surface area contributed by atoms with Crippen LogP contribution in [0.5, 0.6) is 0 Å². The van der Waals surface area contributed by atoms with Crippen LogP contribution >= 0.6 is 0 Å². The van der Waals surface area contributed by atoms with E-state index in [2.05, 4.69) is 21.7 Å². The molecule has 1 saturated carbocycles. The summed E-state index contributed by atoms with van der Waals surface area (Å²) in [5.74, 6) is 1.35. The van der Waals surface area contributed by atoms with Gasteiger partial charge in [-0.1, -0.05) is 24.3 Å². The number of carbonyl (C=O) groups excluding carboxylic acids is 1. The SMILES string of the molecule is CN(C)c1nc(N[C@H]2CC[C@@H](NC(=O)c3ccccc3C#N)CC2)nc2ccccc12. The van der Waals surface area contributed by atoms with Crippen molar-refractivity contribution in [2.24, 2.45) is 0 Å². The molecule has 1 amide bonds. The number of carbonyl (C=O) groups is 1. The minimum absolute atomic E-state index is 0.104. The molecule has 7 nitrogen and oxygen atoms in total. The van der Waals surface area contributed by atoms with Gasteiger partial charge in [-0.05, 0) is 49.9 Å². The van der Waals surface area contributed by atoms with Crippen molar-refractivity contribution < 1.29 is 4.79 Å². The third kappa shape index (κ3) is 4.58. The fraction of sp³-hybridized carbons (Fsp3) is 0.333. The van der Waals surface area contributed by atoms with E-state index in [1.807, 2.05) is 43.3 Å². The summed E-state index contributed by atoms with van der Waals surface area (Å²) in [5, 5.41) is 16.8. The molecule has 2 aromatic carbocycles. The zero-order chi connectivity index (χ0) is 21.8. The highest BCUT2D eigenvalue weighted by Gasteiger charge is 2.24. The molecule has 158 valence electrons. The summed E-state index contributed by atoms with van der Waals surface area (Å²) >= 11 is 0. The Kier molecular flexibility index (Phi) is 5.99. The van der Waals surface area contributed by atoms with E-state index >= 15 is 0 Å². The molecule has 0 aliphatic heterocycles. The second-order valence-corrected chi connectivity index (χ2v) is 8.11. The summed E-state index contributed by atoms with van der Waals surface area (Å²) in [6.45, 7) is 0. The zero-order valence-electron chi connectivity index (χ0n) is 17.8. The van der Waals surface area contributed by atoms with E-state index in [0.717, 1.165) is 42.4 Å². The van der Waals surface area contributed by atoms with Gasteiger partial charge in [0.15, 0.2) is 0 Å². The van der Waals surface area contributed by atoms with Gasteiger partial charge < -0.3 is 15.5 Å². The number of fused-ring (bicyclic) bond motifs is 1. The lowest BCUT2D eigenvalue weighted by Crippen LogP contribution is -2.40. The molecule has 7 heteroatoms. The van der Waals surface area contributed by atoms with Gasteiger partial charge in [0.25, 0.3) is 5.91 Å². The molecule has 1 heterocycles. The minimum Gasteiger partial charge on any atom is -0.362 e. The summed E-state index contributed by atoms with van der Waals surface area (Å²) < 4.78 is 0. The van der Waals surface area contributed by atoms with Gasteiger partial charge in [-0.3, -0.25) is 4.79 Å². The Bertz CT molecular complexity index is 1130. The van der Waals surface area contributed by atoms with Gasteiger partial charge in [0.1, 0.15) is 5.82 Å². The Hall–Kier alpha value is -3.66. The Morgan fingerprint density at radius 3 is 2.42 bits per heavy atom. The number of hydrogen-bond donors (Lipinski definition) is 2. The molecular formula is C24H26N6O. The van der Waals surface area contributed by atoms with Gasteiger partial charge >= 0.3 is 0 Å². The summed E-state index contributed by atoms with van der Waals surface area (Å²) in [5.41, 5.74) is 1.76. The molecule has 1 aliphatic carbocycles. The molecular weight excluding hydrogens is 388 g/mol. The number of para-hydroxylation sites is 1. The van der Waals surface area contributed by atoms with E-state index in [-0.39, 0.29) is 18.0 Å². The normalized spacial score (nSPS) is 18.2. The molecule has 0 radical (unpaired) electrons. The molecule has 1 fully saturated rings. The lowest BCUT2D eigenvalue weighted by molar-refractivity contribution is 0.0926. The van der Waals surface area contributed by atoms with Crippen LogP contribution in [0.1, 0.15) is 41.6 Å². The maximum atomic E-state index is 12.6. The largest absolute Gasteiger partial charge is 0.362 e. The highest BCUT2D eigenvalue weighted by Crippen LogP contribution is 2.26. The lowest BCUT2D eigenvalue weighted by Gasteiger charge is -2.30. The number of rotatable bonds is 5. The summed E-state index contributed by atoms with van der Waals surface area (Å²) in [6.07, 6.45) is 3.56. The Morgan fingerprint density at radius 1 is 1.00 bits per heavy atom. The number of benzene rings is 2. The van der Waals surface area contributed by atoms with E-state index in [9.17, 15) is 10.1 Å². The first-order valence-corrected chi connectivity index (χ1v) is 10.6. The molecule has 0 unspecified atom stereocenters. The maximum absolute atomic E-state index is 12.6. The summed E-state index contributed by atoms with van der Waals surface area (Å²) in [7, 11) is 3.97. The van der Waals surface area contributed by atoms with Gasteiger partial charge in [-0.2, -0.15) is 10.2 Å².